The fourth-order valence-corrected chi connectivity index (χ4v) is 4.78. The van der Waals surface area contributed by atoms with E-state index in [4.69, 9.17) is 11.6 Å². The molecule has 154 valence electrons. The van der Waals surface area contributed by atoms with Crippen molar-refractivity contribution in [2.24, 2.45) is 17.8 Å². The Hall–Kier alpha value is -2.77. The molecule has 1 fully saturated rings. The molecular formula is C22H19ClN2O4S. The maximum atomic E-state index is 13.3. The maximum Gasteiger partial charge on any atom is 0.273 e. The van der Waals surface area contributed by atoms with Gasteiger partial charge in [0.05, 0.1) is 16.7 Å². The summed E-state index contributed by atoms with van der Waals surface area (Å²) in [5.74, 6) is -2.99. The smallest absolute Gasteiger partial charge is 0.273 e. The number of ketones is 1. The van der Waals surface area contributed by atoms with Crippen LogP contribution >= 0.6 is 22.9 Å². The van der Waals surface area contributed by atoms with E-state index in [1.54, 1.807) is 29.6 Å². The number of carbonyl (C=O) groups is 4. The number of carbonyl (C=O) groups excluding carboxylic acids is 4. The molecule has 2 aliphatic rings. The maximum absolute atomic E-state index is 13.3. The second-order valence-electron chi connectivity index (χ2n) is 7.41. The molecule has 0 radical (unpaired) electrons. The molecule has 6 nitrogen and oxygen atoms in total. The normalized spacial score (nSPS) is 22.9. The van der Waals surface area contributed by atoms with Crippen LogP contribution in [0, 0.1) is 17.8 Å². The Morgan fingerprint density at radius 2 is 1.90 bits per heavy atom. The SMILES string of the molecule is C[C@@H]1C=CC[C@H]2C(=O)N(N(CC(=O)c3cccs3)C(=O)c3ccc(Cl)cc3)C(=O)[C@@H]12. The van der Waals surface area contributed by atoms with Crippen molar-refractivity contribution >= 4 is 46.4 Å². The number of allylic oxidation sites excluding steroid dienone is 2. The van der Waals surface area contributed by atoms with Gasteiger partial charge in [-0.3, -0.25) is 19.2 Å². The van der Waals surface area contributed by atoms with Crippen molar-refractivity contribution in [1.29, 1.82) is 0 Å². The Kier molecular flexibility index (Phi) is 5.58. The van der Waals surface area contributed by atoms with E-state index in [-0.39, 0.29) is 17.3 Å². The number of fused-ring (bicyclic) bond motifs is 1. The lowest BCUT2D eigenvalue weighted by atomic mass is 9.78. The molecule has 4 rings (SSSR count). The standard InChI is InChI=1S/C22H19ClN2O4S/c1-13-4-2-5-16-19(13)22(29)25(21(16)28)24(12-17(26)18-6-3-11-30-18)20(27)14-7-9-15(23)10-8-14/h2-4,6-11,13,16,19H,5,12H2,1H3/t13-,16-,19+/m1/s1. The third-order valence-corrected chi connectivity index (χ3v) is 6.67. The van der Waals surface area contributed by atoms with Gasteiger partial charge in [-0.05, 0) is 48.1 Å². The van der Waals surface area contributed by atoms with Crippen LogP contribution in [0.25, 0.3) is 0 Å². The lowest BCUT2D eigenvalue weighted by Crippen LogP contribution is -2.52. The van der Waals surface area contributed by atoms with Crippen LogP contribution in [0.15, 0.2) is 53.9 Å². The molecule has 3 atom stereocenters. The first kappa shape index (κ1) is 20.5. The lowest BCUT2D eigenvalue weighted by Gasteiger charge is -2.30. The zero-order valence-corrected chi connectivity index (χ0v) is 17.7. The number of halogens is 1. The van der Waals surface area contributed by atoms with Gasteiger partial charge in [0.25, 0.3) is 17.7 Å². The minimum absolute atomic E-state index is 0.120. The number of hydrogen-bond acceptors (Lipinski definition) is 5. The van der Waals surface area contributed by atoms with Crippen LogP contribution in [0.5, 0.6) is 0 Å². The first-order chi connectivity index (χ1) is 14.4. The summed E-state index contributed by atoms with van der Waals surface area (Å²) in [5, 5.41) is 4.08. The van der Waals surface area contributed by atoms with Crippen molar-refractivity contribution in [2.45, 2.75) is 13.3 Å². The van der Waals surface area contributed by atoms with Crippen LogP contribution in [0.3, 0.4) is 0 Å². The molecule has 2 heterocycles. The molecule has 0 bridgehead atoms. The van der Waals surface area contributed by atoms with Gasteiger partial charge in [0.1, 0.15) is 6.54 Å². The predicted octanol–water partition coefficient (Wildman–Crippen LogP) is 3.84. The van der Waals surface area contributed by atoms with E-state index in [9.17, 15) is 19.2 Å². The van der Waals surface area contributed by atoms with E-state index in [0.717, 1.165) is 10.0 Å². The molecule has 0 saturated carbocycles. The molecule has 30 heavy (non-hydrogen) atoms. The van der Waals surface area contributed by atoms with Crippen LogP contribution < -0.4 is 0 Å². The predicted molar refractivity (Wildman–Crippen MR) is 113 cm³/mol. The number of nitrogens with zero attached hydrogens (tertiary/aromatic N) is 2. The summed E-state index contributed by atoms with van der Waals surface area (Å²) < 4.78 is 0. The minimum Gasteiger partial charge on any atom is -0.291 e. The first-order valence-electron chi connectivity index (χ1n) is 9.57. The highest BCUT2D eigenvalue weighted by Gasteiger charge is 2.53. The van der Waals surface area contributed by atoms with Crippen molar-refractivity contribution in [2.75, 3.05) is 6.54 Å². The van der Waals surface area contributed by atoms with E-state index < -0.39 is 36.1 Å². The Bertz CT molecular complexity index is 1030. The highest BCUT2D eigenvalue weighted by atomic mass is 35.5. The second kappa shape index (κ2) is 8.16. The topological polar surface area (TPSA) is 74.8 Å². The molecule has 1 aromatic heterocycles. The molecular weight excluding hydrogens is 424 g/mol. The number of Topliss-reactive ketones (excluding diaryl/α,β-unsaturated/α-hetero) is 1. The number of thiophene rings is 1. The Morgan fingerprint density at radius 1 is 1.17 bits per heavy atom. The fraction of sp³-hybridized carbons (Fsp3) is 0.273. The first-order valence-corrected chi connectivity index (χ1v) is 10.8. The van der Waals surface area contributed by atoms with Gasteiger partial charge in [-0.25, -0.2) is 5.01 Å². The van der Waals surface area contributed by atoms with Gasteiger partial charge in [0, 0.05) is 10.6 Å². The van der Waals surface area contributed by atoms with E-state index in [1.807, 2.05) is 19.1 Å². The Labute approximate surface area is 182 Å². The highest BCUT2D eigenvalue weighted by Crippen LogP contribution is 2.39. The number of hydrazine groups is 1. The average Bonchev–Trinajstić information content (AvgIpc) is 3.35. The summed E-state index contributed by atoms with van der Waals surface area (Å²) >= 11 is 7.16. The summed E-state index contributed by atoms with van der Waals surface area (Å²) in [6.45, 7) is 1.48. The van der Waals surface area contributed by atoms with Crippen molar-refractivity contribution in [1.82, 2.24) is 10.0 Å². The van der Waals surface area contributed by atoms with Gasteiger partial charge in [-0.15, -0.1) is 11.3 Å². The van der Waals surface area contributed by atoms with Gasteiger partial charge in [-0.2, -0.15) is 5.01 Å². The molecule has 1 aromatic carbocycles. The molecule has 2 aromatic rings. The van der Waals surface area contributed by atoms with Crippen LogP contribution in [0.2, 0.25) is 5.02 Å². The largest absolute Gasteiger partial charge is 0.291 e. The molecule has 0 N–H and O–H groups in total. The van der Waals surface area contributed by atoms with E-state index in [1.165, 1.54) is 23.5 Å². The zero-order valence-electron chi connectivity index (χ0n) is 16.2. The number of rotatable bonds is 5. The second-order valence-corrected chi connectivity index (χ2v) is 8.80. The summed E-state index contributed by atoms with van der Waals surface area (Å²) in [5.41, 5.74) is 0.236. The van der Waals surface area contributed by atoms with Gasteiger partial charge in [-0.1, -0.05) is 36.7 Å². The van der Waals surface area contributed by atoms with Crippen molar-refractivity contribution in [3.63, 3.8) is 0 Å². The van der Waals surface area contributed by atoms with E-state index in [2.05, 4.69) is 0 Å². The zero-order chi connectivity index (χ0) is 21.4. The summed E-state index contributed by atoms with van der Waals surface area (Å²) in [6, 6.07) is 9.50. The van der Waals surface area contributed by atoms with Crippen LogP contribution in [-0.2, 0) is 9.59 Å². The molecule has 3 amide bonds. The van der Waals surface area contributed by atoms with Crippen LogP contribution in [0.4, 0.5) is 0 Å². The molecule has 1 saturated heterocycles. The third kappa shape index (κ3) is 3.59. The van der Waals surface area contributed by atoms with Crippen molar-refractivity contribution in [3.05, 3.63) is 69.4 Å². The number of imide groups is 1. The Balaban J connectivity index is 1.70. The molecule has 8 heteroatoms. The summed E-state index contributed by atoms with van der Waals surface area (Å²) in [4.78, 5) is 52.9. The molecule has 0 unspecified atom stereocenters. The summed E-state index contributed by atoms with van der Waals surface area (Å²) in [6.07, 6.45) is 4.25. The highest BCUT2D eigenvalue weighted by molar-refractivity contribution is 7.12. The van der Waals surface area contributed by atoms with E-state index >= 15 is 0 Å². The quantitative estimate of drug-likeness (QED) is 0.400. The molecule has 1 aliphatic carbocycles. The van der Waals surface area contributed by atoms with Crippen molar-refractivity contribution in [3.8, 4) is 0 Å². The van der Waals surface area contributed by atoms with Crippen LogP contribution in [0.1, 0.15) is 33.4 Å². The monoisotopic (exact) mass is 442 g/mol. The fourth-order valence-electron chi connectivity index (χ4n) is 3.99. The molecule has 0 spiro atoms. The number of benzene rings is 1. The van der Waals surface area contributed by atoms with Gasteiger partial charge in [0.2, 0.25) is 0 Å². The number of hydrogen-bond donors (Lipinski definition) is 0. The van der Waals surface area contributed by atoms with Gasteiger partial charge >= 0.3 is 0 Å². The Morgan fingerprint density at radius 3 is 2.53 bits per heavy atom. The van der Waals surface area contributed by atoms with Crippen LogP contribution in [-0.4, -0.2) is 40.1 Å². The van der Waals surface area contributed by atoms with Crippen molar-refractivity contribution < 1.29 is 19.2 Å². The molecule has 1 aliphatic heterocycles. The lowest BCUT2D eigenvalue weighted by molar-refractivity contribution is -0.154. The van der Waals surface area contributed by atoms with E-state index in [0.29, 0.717) is 16.3 Å². The van der Waals surface area contributed by atoms with Gasteiger partial charge < -0.3 is 0 Å². The minimum atomic E-state index is -0.600. The third-order valence-electron chi connectivity index (χ3n) is 5.51. The number of amides is 3. The average molecular weight is 443 g/mol. The summed E-state index contributed by atoms with van der Waals surface area (Å²) in [7, 11) is 0. The van der Waals surface area contributed by atoms with Gasteiger partial charge in [0.15, 0.2) is 5.78 Å².